The molecule has 0 aliphatic carbocycles. The Morgan fingerprint density at radius 1 is 1.14 bits per heavy atom. The van der Waals surface area contributed by atoms with Crippen molar-refractivity contribution in [2.45, 2.75) is 38.8 Å². The zero-order chi connectivity index (χ0) is 15.8. The highest BCUT2D eigenvalue weighted by Gasteiger charge is 2.25. The molecule has 0 heterocycles. The van der Waals surface area contributed by atoms with E-state index in [9.17, 15) is 8.78 Å². The van der Waals surface area contributed by atoms with E-state index in [4.69, 9.17) is 10.5 Å². The van der Waals surface area contributed by atoms with Crippen molar-refractivity contribution in [1.82, 2.24) is 4.90 Å². The molecule has 0 spiro atoms. The lowest BCUT2D eigenvalue weighted by Gasteiger charge is -2.37. The van der Waals surface area contributed by atoms with Crippen molar-refractivity contribution in [1.29, 1.82) is 0 Å². The number of hydrogen-bond acceptors (Lipinski definition) is 3. The summed E-state index contributed by atoms with van der Waals surface area (Å²) < 4.78 is 32.1. The fourth-order valence-electron chi connectivity index (χ4n) is 2.78. The van der Waals surface area contributed by atoms with Gasteiger partial charge >= 0.3 is 0 Å². The smallest absolute Gasteiger partial charge is 0.126 e. The summed E-state index contributed by atoms with van der Waals surface area (Å²) in [7, 11) is 1.64. The maximum absolute atomic E-state index is 13.5. The van der Waals surface area contributed by atoms with Crippen LogP contribution in [0.15, 0.2) is 18.2 Å². The lowest BCUT2D eigenvalue weighted by atomic mass is 10.0. The van der Waals surface area contributed by atoms with Crippen LogP contribution in [-0.2, 0) is 4.74 Å². The van der Waals surface area contributed by atoms with E-state index in [2.05, 4.69) is 18.7 Å². The topological polar surface area (TPSA) is 38.5 Å². The minimum absolute atomic E-state index is 0.213. The first-order valence-corrected chi connectivity index (χ1v) is 7.48. The molecule has 3 nitrogen and oxygen atoms in total. The summed E-state index contributed by atoms with van der Waals surface area (Å²) in [5.41, 5.74) is 6.48. The van der Waals surface area contributed by atoms with Gasteiger partial charge in [0.1, 0.15) is 11.6 Å². The molecule has 1 aromatic rings. The zero-order valence-corrected chi connectivity index (χ0v) is 13.1. The van der Waals surface area contributed by atoms with Crippen LogP contribution in [0, 0.1) is 11.6 Å². The van der Waals surface area contributed by atoms with Gasteiger partial charge in [0.05, 0.1) is 6.61 Å². The number of nitrogens with zero attached hydrogens (tertiary/aromatic N) is 1. The number of halogens is 2. The van der Waals surface area contributed by atoms with Gasteiger partial charge in [-0.2, -0.15) is 0 Å². The normalized spacial score (nSPS) is 13.1. The minimum atomic E-state index is -0.570. The van der Waals surface area contributed by atoms with E-state index in [1.54, 1.807) is 7.11 Å². The van der Waals surface area contributed by atoms with Crippen LogP contribution in [-0.4, -0.2) is 37.7 Å². The molecule has 1 atom stereocenters. The summed E-state index contributed by atoms with van der Waals surface area (Å²) in [5.74, 6) is -1.14. The maximum atomic E-state index is 13.5. The molecule has 21 heavy (non-hydrogen) atoms. The van der Waals surface area contributed by atoms with Crippen molar-refractivity contribution in [3.8, 4) is 0 Å². The van der Waals surface area contributed by atoms with Crippen molar-refractivity contribution < 1.29 is 13.5 Å². The van der Waals surface area contributed by atoms with Crippen LogP contribution in [0.1, 0.15) is 38.3 Å². The summed E-state index contributed by atoms with van der Waals surface area (Å²) >= 11 is 0. The van der Waals surface area contributed by atoms with E-state index in [1.165, 1.54) is 12.1 Å². The van der Waals surface area contributed by atoms with Gasteiger partial charge in [0.25, 0.3) is 0 Å². The van der Waals surface area contributed by atoms with Gasteiger partial charge in [0.15, 0.2) is 0 Å². The van der Waals surface area contributed by atoms with E-state index in [0.717, 1.165) is 18.9 Å². The molecule has 0 aliphatic heterocycles. The van der Waals surface area contributed by atoms with Gasteiger partial charge in [-0.15, -0.1) is 0 Å². The number of benzene rings is 1. The zero-order valence-electron chi connectivity index (χ0n) is 13.1. The Hall–Kier alpha value is -1.04. The first kappa shape index (κ1) is 18.0. The Morgan fingerprint density at radius 3 is 2.14 bits per heavy atom. The van der Waals surface area contributed by atoms with Crippen LogP contribution in [0.5, 0.6) is 0 Å². The van der Waals surface area contributed by atoms with Gasteiger partial charge in [-0.1, -0.05) is 13.8 Å². The number of nitrogens with two attached hydrogens (primary N) is 1. The molecular formula is C16H26F2N2O. The standard InChI is InChI=1S/C16H26F2N2O/c1-4-15(5-2)20(6-7-21-3)16(11-19)12-8-13(17)10-14(18)9-12/h8-10,15-16H,4-7,11,19H2,1-3H3. The van der Waals surface area contributed by atoms with Crippen molar-refractivity contribution in [2.75, 3.05) is 26.8 Å². The summed E-state index contributed by atoms with van der Waals surface area (Å²) in [6, 6.07) is 3.70. The molecule has 1 aromatic carbocycles. The Balaban J connectivity index is 3.09. The summed E-state index contributed by atoms with van der Waals surface area (Å²) in [4.78, 5) is 2.19. The molecule has 0 bridgehead atoms. The van der Waals surface area contributed by atoms with Crippen LogP contribution in [0.25, 0.3) is 0 Å². The van der Waals surface area contributed by atoms with Gasteiger partial charge < -0.3 is 10.5 Å². The van der Waals surface area contributed by atoms with Gasteiger partial charge in [-0.05, 0) is 30.5 Å². The highest BCUT2D eigenvalue weighted by atomic mass is 19.1. The highest BCUT2D eigenvalue weighted by Crippen LogP contribution is 2.26. The molecule has 1 unspecified atom stereocenters. The van der Waals surface area contributed by atoms with Crippen LogP contribution in [0.3, 0.4) is 0 Å². The first-order chi connectivity index (χ1) is 10.1. The van der Waals surface area contributed by atoms with E-state index in [0.29, 0.717) is 31.3 Å². The average Bonchev–Trinajstić information content (AvgIpc) is 2.45. The lowest BCUT2D eigenvalue weighted by molar-refractivity contribution is 0.0815. The quantitative estimate of drug-likeness (QED) is 0.761. The molecule has 1 rings (SSSR count). The van der Waals surface area contributed by atoms with Gasteiger partial charge in [0, 0.05) is 38.3 Å². The van der Waals surface area contributed by atoms with Crippen LogP contribution in [0.4, 0.5) is 8.78 Å². The molecule has 2 N–H and O–H groups in total. The van der Waals surface area contributed by atoms with E-state index in [-0.39, 0.29) is 6.04 Å². The molecule has 5 heteroatoms. The molecule has 0 saturated heterocycles. The molecular weight excluding hydrogens is 274 g/mol. The molecule has 0 amide bonds. The van der Waals surface area contributed by atoms with Crippen LogP contribution < -0.4 is 5.73 Å². The van der Waals surface area contributed by atoms with Crippen molar-refractivity contribution in [3.05, 3.63) is 35.4 Å². The number of methoxy groups -OCH3 is 1. The van der Waals surface area contributed by atoms with E-state index in [1.807, 2.05) is 0 Å². The summed E-state index contributed by atoms with van der Waals surface area (Å²) in [6.07, 6.45) is 1.91. The highest BCUT2D eigenvalue weighted by molar-refractivity contribution is 5.22. The fraction of sp³-hybridized carbons (Fsp3) is 0.625. The third kappa shape index (κ3) is 5.02. The average molecular weight is 300 g/mol. The predicted octanol–water partition coefficient (Wildman–Crippen LogP) is 3.10. The number of ether oxygens (including phenoxy) is 1. The molecule has 0 saturated carbocycles. The number of hydrogen-bond donors (Lipinski definition) is 1. The van der Waals surface area contributed by atoms with Gasteiger partial charge in [-0.25, -0.2) is 8.78 Å². The van der Waals surface area contributed by atoms with Crippen LogP contribution >= 0.6 is 0 Å². The Morgan fingerprint density at radius 2 is 1.71 bits per heavy atom. The minimum Gasteiger partial charge on any atom is -0.383 e. The fourth-order valence-corrected chi connectivity index (χ4v) is 2.78. The third-order valence-corrected chi connectivity index (χ3v) is 3.86. The Kier molecular flexibility index (Phi) is 7.78. The lowest BCUT2D eigenvalue weighted by Crippen LogP contribution is -2.43. The second kappa shape index (κ2) is 9.07. The number of rotatable bonds is 9. The van der Waals surface area contributed by atoms with Crippen molar-refractivity contribution in [2.24, 2.45) is 5.73 Å². The molecule has 0 aromatic heterocycles. The summed E-state index contributed by atoms with van der Waals surface area (Å²) in [6.45, 7) is 5.76. The van der Waals surface area contributed by atoms with Gasteiger partial charge in [0.2, 0.25) is 0 Å². The first-order valence-electron chi connectivity index (χ1n) is 7.48. The molecule has 0 aliphatic rings. The van der Waals surface area contributed by atoms with E-state index < -0.39 is 11.6 Å². The third-order valence-electron chi connectivity index (χ3n) is 3.86. The van der Waals surface area contributed by atoms with Crippen molar-refractivity contribution >= 4 is 0 Å². The molecule has 0 radical (unpaired) electrons. The van der Waals surface area contributed by atoms with Crippen LogP contribution in [0.2, 0.25) is 0 Å². The summed E-state index contributed by atoms with van der Waals surface area (Å²) in [5, 5.41) is 0. The maximum Gasteiger partial charge on any atom is 0.126 e. The largest absolute Gasteiger partial charge is 0.383 e. The Bertz CT molecular complexity index is 404. The monoisotopic (exact) mass is 300 g/mol. The second-order valence-electron chi connectivity index (χ2n) is 5.16. The Labute approximate surface area is 126 Å². The van der Waals surface area contributed by atoms with E-state index >= 15 is 0 Å². The SMILES string of the molecule is CCC(CC)N(CCOC)C(CN)c1cc(F)cc(F)c1. The van der Waals surface area contributed by atoms with Crippen molar-refractivity contribution in [3.63, 3.8) is 0 Å². The van der Waals surface area contributed by atoms with Gasteiger partial charge in [-0.3, -0.25) is 4.90 Å². The second-order valence-corrected chi connectivity index (χ2v) is 5.16. The molecule has 0 fully saturated rings. The molecule has 120 valence electrons. The predicted molar refractivity (Wildman–Crippen MR) is 81.1 cm³/mol.